The number of aliphatic hydroxyl groups is 8. The standard InChI is InChI=1S/C54H90N10O17/c1-5-28(2)22-29(3)12-10-8-6-7-9-11-13-41(71)58-36-24-39(69)51(78)62-47(74)34-26-63(27-40(34)70)53(80)43(38(68)19-21-57-48(75)35(56)18-20-55)60-52(79)44(46(73)45(72)31-14-16-32(66)17-15-31)61-50(77)37-23-33(67)25-64(37)54(81)42(30(4)65)59-49(36)76/h14-17,28-30,33-40,42-46,51,65-70,72-73,78H,5-13,18-27,55-56H2,1-4H3,(H,57,75)(H,58,71)(H,59,76)(H,60,79)(H,61,77)(H,62,74)/t28?,29?,30-,33-,34?,35+,36?,37?,38-,39-,40+,42+,43+,44+,45+,46+,51-/m1/s1. The molecule has 3 aliphatic heterocycles. The maximum absolute atomic E-state index is 14.6. The number of phenolic OH excluding ortho intramolecular Hbond substituents is 1. The lowest BCUT2D eigenvalue weighted by molar-refractivity contribution is -0.146. The fourth-order valence-electron chi connectivity index (χ4n) is 10.3. The third kappa shape index (κ3) is 20.3. The molecule has 3 fully saturated rings. The van der Waals surface area contributed by atoms with Crippen LogP contribution in [0.1, 0.15) is 129 Å². The van der Waals surface area contributed by atoms with Crippen LogP contribution in [0.2, 0.25) is 0 Å². The highest BCUT2D eigenvalue weighted by Gasteiger charge is 2.48. The number of carbonyl (C=O) groups excluding carboxylic acids is 8. The molecule has 5 unspecified atom stereocenters. The summed E-state index contributed by atoms with van der Waals surface area (Å²) in [7, 11) is 0. The number of rotatable bonds is 24. The summed E-state index contributed by atoms with van der Waals surface area (Å²) in [5, 5.41) is 114. The lowest BCUT2D eigenvalue weighted by Crippen LogP contribution is -2.64. The van der Waals surface area contributed by atoms with E-state index in [1.165, 1.54) is 18.6 Å². The number of aromatic hydroxyl groups is 1. The van der Waals surface area contributed by atoms with E-state index < -0.39 is 177 Å². The van der Waals surface area contributed by atoms with Crippen molar-refractivity contribution in [3.63, 3.8) is 0 Å². The number of hydrogen-bond donors (Lipinski definition) is 17. The molecule has 27 nitrogen and oxygen atoms in total. The van der Waals surface area contributed by atoms with Gasteiger partial charge in [-0.05, 0) is 68.7 Å². The predicted molar refractivity (Wildman–Crippen MR) is 291 cm³/mol. The van der Waals surface area contributed by atoms with Crippen molar-refractivity contribution in [1.29, 1.82) is 0 Å². The van der Waals surface area contributed by atoms with Gasteiger partial charge in [-0.3, -0.25) is 38.4 Å². The third-order valence-corrected chi connectivity index (χ3v) is 15.5. The number of benzene rings is 1. The Morgan fingerprint density at radius 2 is 1.33 bits per heavy atom. The molecular formula is C54H90N10O17. The second-order valence-electron chi connectivity index (χ2n) is 22.3. The van der Waals surface area contributed by atoms with Crippen LogP contribution in [0.4, 0.5) is 0 Å². The molecule has 458 valence electrons. The summed E-state index contributed by atoms with van der Waals surface area (Å²) in [5.74, 6) is -9.11. The first-order valence-corrected chi connectivity index (χ1v) is 28.3. The molecule has 1 aromatic carbocycles. The number of amides is 8. The molecule has 27 heteroatoms. The molecule has 8 amide bonds. The number of unbranched alkanes of at least 4 members (excludes halogenated alkanes) is 5. The Balaban J connectivity index is 1.69. The van der Waals surface area contributed by atoms with Gasteiger partial charge in [0.05, 0.1) is 36.4 Å². The maximum Gasteiger partial charge on any atom is 0.248 e. The van der Waals surface area contributed by atoms with Crippen molar-refractivity contribution >= 4 is 47.3 Å². The molecule has 81 heavy (non-hydrogen) atoms. The van der Waals surface area contributed by atoms with Crippen LogP contribution >= 0.6 is 0 Å². The molecule has 0 aliphatic carbocycles. The molecule has 0 radical (unpaired) electrons. The number of hydrogen-bond acceptors (Lipinski definition) is 19. The molecular weight excluding hydrogens is 1060 g/mol. The van der Waals surface area contributed by atoms with Crippen LogP contribution in [0.5, 0.6) is 5.75 Å². The molecule has 3 saturated heterocycles. The molecule has 19 N–H and O–H groups in total. The van der Waals surface area contributed by atoms with Crippen LogP contribution in [0.25, 0.3) is 0 Å². The largest absolute Gasteiger partial charge is 0.508 e. The molecule has 3 heterocycles. The highest BCUT2D eigenvalue weighted by atomic mass is 16.3. The molecule has 0 aromatic heterocycles. The average molecular weight is 1150 g/mol. The minimum atomic E-state index is -2.33. The topological polar surface area (TPSA) is 449 Å². The van der Waals surface area contributed by atoms with Gasteiger partial charge in [-0.15, -0.1) is 0 Å². The molecule has 0 spiro atoms. The van der Waals surface area contributed by atoms with Crippen molar-refractivity contribution in [1.82, 2.24) is 41.7 Å². The quantitative estimate of drug-likeness (QED) is 0.0437. The number of nitrogens with one attached hydrogen (secondary N) is 6. The van der Waals surface area contributed by atoms with Gasteiger partial charge in [0.1, 0.15) is 54.3 Å². The van der Waals surface area contributed by atoms with Gasteiger partial charge in [0, 0.05) is 45.4 Å². The second kappa shape index (κ2) is 32.9. The van der Waals surface area contributed by atoms with E-state index in [9.17, 15) is 84.3 Å². The first-order chi connectivity index (χ1) is 38.3. The third-order valence-electron chi connectivity index (χ3n) is 15.5. The van der Waals surface area contributed by atoms with E-state index in [2.05, 4.69) is 52.7 Å². The fraction of sp³-hybridized carbons (Fsp3) is 0.741. The van der Waals surface area contributed by atoms with Crippen LogP contribution in [-0.4, -0.2) is 215 Å². The Hall–Kier alpha value is -5.62. The predicted octanol–water partition coefficient (Wildman–Crippen LogP) is -4.18. The first-order valence-electron chi connectivity index (χ1n) is 28.3. The van der Waals surface area contributed by atoms with Crippen LogP contribution < -0.4 is 43.4 Å². The van der Waals surface area contributed by atoms with Gasteiger partial charge < -0.3 is 99.1 Å². The van der Waals surface area contributed by atoms with Gasteiger partial charge in [0.25, 0.3) is 0 Å². The van der Waals surface area contributed by atoms with Crippen LogP contribution in [-0.2, 0) is 38.4 Å². The monoisotopic (exact) mass is 1150 g/mol. The number of nitrogens with zero attached hydrogens (tertiary/aromatic N) is 2. The normalized spacial score (nSPS) is 28.1. The minimum Gasteiger partial charge on any atom is -0.508 e. The lowest BCUT2D eigenvalue weighted by Gasteiger charge is -2.34. The molecule has 17 atom stereocenters. The van der Waals surface area contributed by atoms with Crippen molar-refractivity contribution in [2.24, 2.45) is 29.2 Å². The Bertz CT molecular complexity index is 2230. The minimum absolute atomic E-state index is 0.0698. The molecule has 0 saturated carbocycles. The highest BCUT2D eigenvalue weighted by molar-refractivity contribution is 5.97. The highest BCUT2D eigenvalue weighted by Crippen LogP contribution is 2.26. The molecule has 1 aromatic rings. The van der Waals surface area contributed by atoms with Gasteiger partial charge >= 0.3 is 0 Å². The summed E-state index contributed by atoms with van der Waals surface area (Å²) >= 11 is 0. The Morgan fingerprint density at radius 1 is 0.704 bits per heavy atom. The van der Waals surface area contributed by atoms with Crippen molar-refractivity contribution in [2.75, 3.05) is 32.7 Å². The van der Waals surface area contributed by atoms with Crippen LogP contribution in [0.3, 0.4) is 0 Å². The summed E-state index contributed by atoms with van der Waals surface area (Å²) in [6.45, 7) is 5.69. The first kappa shape index (κ1) is 67.9. The summed E-state index contributed by atoms with van der Waals surface area (Å²) < 4.78 is 0. The van der Waals surface area contributed by atoms with E-state index in [0.717, 1.165) is 67.4 Å². The fourth-order valence-corrected chi connectivity index (χ4v) is 10.3. The number of carbonyl (C=O) groups is 8. The summed E-state index contributed by atoms with van der Waals surface area (Å²) in [5.41, 5.74) is 11.3. The number of fused-ring (bicyclic) bond motifs is 3. The van der Waals surface area contributed by atoms with E-state index in [4.69, 9.17) is 11.5 Å². The van der Waals surface area contributed by atoms with E-state index in [0.29, 0.717) is 24.7 Å². The van der Waals surface area contributed by atoms with Gasteiger partial charge in [-0.1, -0.05) is 77.8 Å². The SMILES string of the molecule is CCC(C)CC(C)CCCCCCCCC(=O)NC1C[C@@H](O)[C@@H](O)NC(=O)C2CN(C[C@@H]2O)C(=O)[C@H]([C@H](O)CCNC(=O)[C@@H](N)CCN)NC(=O)[C@H]([C@H](O)[C@@H](O)c2ccc(O)cc2)NC(=O)C2C[C@@H](O)CN2C(=O)[C@H]([C@@H](C)O)NC1=O. The zero-order chi connectivity index (χ0) is 60.2. The zero-order valence-electron chi connectivity index (χ0n) is 46.9. The van der Waals surface area contributed by atoms with Crippen molar-refractivity contribution in [2.45, 2.75) is 203 Å². The Kier molecular flexibility index (Phi) is 27.5. The molecule has 2 bridgehead atoms. The number of nitrogens with two attached hydrogens (primary N) is 2. The van der Waals surface area contributed by atoms with Gasteiger partial charge in [0.2, 0.25) is 47.3 Å². The van der Waals surface area contributed by atoms with E-state index in [1.54, 1.807) is 0 Å². The summed E-state index contributed by atoms with van der Waals surface area (Å²) in [6.07, 6.45) is -8.70. The van der Waals surface area contributed by atoms with Crippen molar-refractivity contribution < 1.29 is 84.3 Å². The average Bonchev–Trinajstić information content (AvgIpc) is 4.02. The molecule has 4 rings (SSSR count). The Morgan fingerprint density at radius 3 is 1.98 bits per heavy atom. The van der Waals surface area contributed by atoms with E-state index in [1.807, 2.05) is 0 Å². The van der Waals surface area contributed by atoms with Crippen LogP contribution in [0, 0.1) is 17.8 Å². The van der Waals surface area contributed by atoms with Crippen molar-refractivity contribution in [3.8, 4) is 5.75 Å². The summed E-state index contributed by atoms with van der Waals surface area (Å²) in [6, 6.07) is -6.17. The molecule has 3 aliphatic rings. The summed E-state index contributed by atoms with van der Waals surface area (Å²) in [4.78, 5) is 114. The van der Waals surface area contributed by atoms with Crippen LogP contribution in [0.15, 0.2) is 24.3 Å². The van der Waals surface area contributed by atoms with Gasteiger partial charge in [0.15, 0.2) is 6.23 Å². The number of aliphatic hydroxyl groups excluding tert-OH is 8. The van der Waals surface area contributed by atoms with E-state index >= 15 is 0 Å². The second-order valence-corrected chi connectivity index (χ2v) is 22.3. The Labute approximate surface area is 472 Å². The van der Waals surface area contributed by atoms with Crippen molar-refractivity contribution in [3.05, 3.63) is 29.8 Å². The number of phenols is 1. The lowest BCUT2D eigenvalue weighted by atomic mass is 9.91. The maximum atomic E-state index is 14.6. The smallest absolute Gasteiger partial charge is 0.248 e. The zero-order valence-corrected chi connectivity index (χ0v) is 46.9. The van der Waals surface area contributed by atoms with Gasteiger partial charge in [-0.2, -0.15) is 0 Å². The van der Waals surface area contributed by atoms with Gasteiger partial charge in [-0.25, -0.2) is 0 Å². The van der Waals surface area contributed by atoms with E-state index in [-0.39, 0.29) is 37.2 Å².